The molecule has 0 aliphatic heterocycles. The van der Waals surface area contributed by atoms with Crippen molar-refractivity contribution in [2.45, 2.75) is 6.92 Å². The van der Waals surface area contributed by atoms with Crippen LogP contribution in [-0.4, -0.2) is 18.0 Å². The van der Waals surface area contributed by atoms with E-state index in [2.05, 4.69) is 12.2 Å². The molecule has 1 amide bonds. The van der Waals surface area contributed by atoms with Gasteiger partial charge in [-0.15, -0.1) is 11.8 Å². The first-order valence-corrected chi connectivity index (χ1v) is 3.32. The van der Waals surface area contributed by atoms with Gasteiger partial charge in [-0.05, 0) is 5.75 Å². The Hall–Kier alpha value is -0.180. The summed E-state index contributed by atoms with van der Waals surface area (Å²) in [5.74, 6) is 1.79. The molecule has 0 saturated carbocycles. The Morgan fingerprint density at radius 1 is 1.86 bits per heavy atom. The van der Waals surface area contributed by atoms with Crippen molar-refractivity contribution in [3.05, 3.63) is 0 Å². The van der Waals surface area contributed by atoms with E-state index < -0.39 is 0 Å². The van der Waals surface area contributed by atoms with Crippen LogP contribution in [0, 0.1) is 0 Å². The van der Waals surface area contributed by atoms with E-state index in [1.165, 1.54) is 0 Å². The maximum atomic E-state index is 9.56. The summed E-state index contributed by atoms with van der Waals surface area (Å²) in [6, 6.07) is 0. The first-order chi connectivity index (χ1) is 3.41. The highest BCUT2D eigenvalue weighted by molar-refractivity contribution is 7.99. The Balaban J connectivity index is 2.56. The van der Waals surface area contributed by atoms with Crippen LogP contribution in [0.3, 0.4) is 0 Å². The quantitative estimate of drug-likeness (QED) is 0.330. The standard InChI is InChI=1S/C4H9NOS/c1-2-7-4-5-3-6/h3H,2,4H2,1H3,(H,5,6). The minimum Gasteiger partial charge on any atom is -0.350 e. The fourth-order valence-corrected chi connectivity index (χ4v) is 0.585. The van der Waals surface area contributed by atoms with Crippen molar-refractivity contribution < 1.29 is 4.79 Å². The van der Waals surface area contributed by atoms with Gasteiger partial charge in [-0.2, -0.15) is 0 Å². The fraction of sp³-hybridized carbons (Fsp3) is 0.750. The van der Waals surface area contributed by atoms with E-state index in [4.69, 9.17) is 0 Å². The maximum Gasteiger partial charge on any atom is 0.207 e. The molecule has 2 nitrogen and oxygen atoms in total. The third-order valence-electron chi connectivity index (χ3n) is 0.473. The molecule has 0 radical (unpaired) electrons. The molecule has 0 spiro atoms. The van der Waals surface area contributed by atoms with Crippen LogP contribution >= 0.6 is 11.8 Å². The summed E-state index contributed by atoms with van der Waals surface area (Å²) in [5, 5.41) is 2.53. The zero-order valence-electron chi connectivity index (χ0n) is 4.31. The summed E-state index contributed by atoms with van der Waals surface area (Å²) in [6.07, 6.45) is 0.711. The Morgan fingerprint density at radius 3 is 3.00 bits per heavy atom. The van der Waals surface area contributed by atoms with Gasteiger partial charge in [0.15, 0.2) is 0 Å². The van der Waals surface area contributed by atoms with Crippen molar-refractivity contribution in [1.29, 1.82) is 0 Å². The average Bonchev–Trinajstić information content (AvgIpc) is 1.69. The van der Waals surface area contributed by atoms with Gasteiger partial charge in [0.25, 0.3) is 0 Å². The normalized spacial score (nSPS) is 8.14. The van der Waals surface area contributed by atoms with Crippen molar-refractivity contribution in [3.8, 4) is 0 Å². The molecule has 0 saturated heterocycles. The summed E-state index contributed by atoms with van der Waals surface area (Å²) in [7, 11) is 0. The zero-order valence-corrected chi connectivity index (χ0v) is 5.12. The van der Waals surface area contributed by atoms with Crippen molar-refractivity contribution in [2.75, 3.05) is 11.6 Å². The number of carbonyl (C=O) groups excluding carboxylic acids is 1. The molecule has 0 aromatic heterocycles. The second-order valence-corrected chi connectivity index (χ2v) is 2.23. The van der Waals surface area contributed by atoms with Gasteiger partial charge in [0, 0.05) is 0 Å². The second-order valence-electron chi connectivity index (χ2n) is 0.959. The highest BCUT2D eigenvalue weighted by Crippen LogP contribution is 1.91. The Morgan fingerprint density at radius 2 is 2.57 bits per heavy atom. The summed E-state index contributed by atoms with van der Waals surface area (Å²) in [4.78, 5) is 9.56. The van der Waals surface area contributed by atoms with Crippen molar-refractivity contribution in [2.24, 2.45) is 0 Å². The lowest BCUT2D eigenvalue weighted by Crippen LogP contribution is -2.08. The molecule has 0 rings (SSSR count). The summed E-state index contributed by atoms with van der Waals surface area (Å²) in [6.45, 7) is 2.05. The molecule has 0 aliphatic rings. The molecular formula is C4H9NOS. The number of carbonyl (C=O) groups is 1. The molecule has 0 heterocycles. The predicted molar refractivity (Wildman–Crippen MR) is 32.2 cm³/mol. The molecule has 0 aromatic rings. The smallest absolute Gasteiger partial charge is 0.207 e. The van der Waals surface area contributed by atoms with E-state index in [0.29, 0.717) is 6.41 Å². The van der Waals surface area contributed by atoms with Crippen LogP contribution in [0.2, 0.25) is 0 Å². The lowest BCUT2D eigenvalue weighted by atomic mass is 11.0. The van der Waals surface area contributed by atoms with E-state index in [0.717, 1.165) is 11.6 Å². The van der Waals surface area contributed by atoms with E-state index >= 15 is 0 Å². The second kappa shape index (κ2) is 5.82. The van der Waals surface area contributed by atoms with Gasteiger partial charge in [0.2, 0.25) is 6.41 Å². The van der Waals surface area contributed by atoms with Gasteiger partial charge in [0.05, 0.1) is 5.88 Å². The number of hydrogen-bond donors (Lipinski definition) is 1. The first kappa shape index (κ1) is 6.82. The number of nitrogens with one attached hydrogen (secondary N) is 1. The average molecular weight is 119 g/mol. The summed E-state index contributed by atoms with van der Waals surface area (Å²) in [5.41, 5.74) is 0. The Bertz CT molecular complexity index is 49.0. The number of thioether (sulfide) groups is 1. The Kier molecular flexibility index (Phi) is 5.67. The van der Waals surface area contributed by atoms with Gasteiger partial charge in [-0.3, -0.25) is 4.79 Å². The molecule has 0 atom stereocenters. The number of hydrogen-bond acceptors (Lipinski definition) is 2. The molecule has 0 fully saturated rings. The minimum absolute atomic E-state index is 0.711. The lowest BCUT2D eigenvalue weighted by molar-refractivity contribution is -0.109. The van der Waals surface area contributed by atoms with Crippen LogP contribution in [0.15, 0.2) is 0 Å². The van der Waals surface area contributed by atoms with E-state index in [1.807, 2.05) is 0 Å². The van der Waals surface area contributed by atoms with Crippen molar-refractivity contribution in [3.63, 3.8) is 0 Å². The van der Waals surface area contributed by atoms with Crippen molar-refractivity contribution in [1.82, 2.24) is 5.32 Å². The largest absolute Gasteiger partial charge is 0.350 e. The first-order valence-electron chi connectivity index (χ1n) is 2.16. The van der Waals surface area contributed by atoms with Crippen LogP contribution in [0.5, 0.6) is 0 Å². The van der Waals surface area contributed by atoms with Gasteiger partial charge in [-0.25, -0.2) is 0 Å². The lowest BCUT2D eigenvalue weighted by Gasteiger charge is -1.91. The highest BCUT2D eigenvalue weighted by atomic mass is 32.2. The third-order valence-corrected chi connectivity index (χ3v) is 1.25. The van der Waals surface area contributed by atoms with Crippen LogP contribution in [-0.2, 0) is 4.79 Å². The van der Waals surface area contributed by atoms with E-state index in [1.54, 1.807) is 11.8 Å². The zero-order chi connectivity index (χ0) is 5.54. The summed E-state index contributed by atoms with van der Waals surface area (Å²) < 4.78 is 0. The van der Waals surface area contributed by atoms with Gasteiger partial charge >= 0.3 is 0 Å². The number of rotatable bonds is 4. The monoisotopic (exact) mass is 119 g/mol. The van der Waals surface area contributed by atoms with Crippen LogP contribution in [0.25, 0.3) is 0 Å². The van der Waals surface area contributed by atoms with E-state index in [9.17, 15) is 4.79 Å². The number of amides is 1. The van der Waals surface area contributed by atoms with Gasteiger partial charge in [-0.1, -0.05) is 6.92 Å². The molecule has 0 aromatic carbocycles. The van der Waals surface area contributed by atoms with Crippen LogP contribution < -0.4 is 5.32 Å². The summed E-state index contributed by atoms with van der Waals surface area (Å²) >= 11 is 1.69. The molecule has 0 aliphatic carbocycles. The molecule has 0 unspecified atom stereocenters. The van der Waals surface area contributed by atoms with Crippen molar-refractivity contribution >= 4 is 18.2 Å². The van der Waals surface area contributed by atoms with E-state index in [-0.39, 0.29) is 0 Å². The Labute approximate surface area is 47.7 Å². The molecule has 1 N–H and O–H groups in total. The van der Waals surface area contributed by atoms with Crippen LogP contribution in [0.1, 0.15) is 6.92 Å². The molecular weight excluding hydrogens is 110 g/mol. The van der Waals surface area contributed by atoms with Gasteiger partial charge in [0.1, 0.15) is 0 Å². The predicted octanol–water partition coefficient (Wildman–Crippen LogP) is 0.443. The molecule has 0 bridgehead atoms. The SMILES string of the molecule is CCSCNC=O. The topological polar surface area (TPSA) is 29.1 Å². The fourth-order valence-electron chi connectivity index (χ4n) is 0.195. The molecule has 3 heteroatoms. The molecule has 7 heavy (non-hydrogen) atoms. The maximum absolute atomic E-state index is 9.56. The minimum atomic E-state index is 0.711. The highest BCUT2D eigenvalue weighted by Gasteiger charge is 1.76. The van der Waals surface area contributed by atoms with Gasteiger partial charge < -0.3 is 5.32 Å². The molecule has 42 valence electrons. The third kappa shape index (κ3) is 5.82. The van der Waals surface area contributed by atoms with Crippen LogP contribution in [0.4, 0.5) is 0 Å².